The molecule has 7 aromatic rings. The summed E-state index contributed by atoms with van der Waals surface area (Å²) in [5.74, 6) is 0. The van der Waals surface area contributed by atoms with Gasteiger partial charge in [0.15, 0.2) is 0 Å². The van der Waals surface area contributed by atoms with Crippen LogP contribution in [0.5, 0.6) is 0 Å². The molecule has 0 aliphatic heterocycles. The van der Waals surface area contributed by atoms with Gasteiger partial charge in [0.05, 0.1) is 16.6 Å². The van der Waals surface area contributed by atoms with E-state index in [9.17, 15) is 0 Å². The van der Waals surface area contributed by atoms with Gasteiger partial charge in [0.2, 0.25) is 0 Å². The summed E-state index contributed by atoms with van der Waals surface area (Å²) >= 11 is 0. The topological polar surface area (TPSA) is 38.7 Å². The highest BCUT2D eigenvalue weighted by Crippen LogP contribution is 2.37. The number of rotatable bonds is 3. The molecule has 0 saturated heterocycles. The first kappa shape index (κ1) is 20.5. The molecule has 168 valence electrons. The van der Waals surface area contributed by atoms with E-state index in [2.05, 4.69) is 72.8 Å². The minimum absolute atomic E-state index is 0.991. The average molecular weight is 460 g/mol. The van der Waals surface area contributed by atoms with Crippen LogP contribution in [0, 0.1) is 0 Å². The summed E-state index contributed by atoms with van der Waals surface area (Å²) in [5, 5.41) is 3.38. The van der Waals surface area contributed by atoms with E-state index in [1.54, 1.807) is 0 Å². The van der Waals surface area contributed by atoms with Crippen molar-refractivity contribution in [3.63, 3.8) is 0 Å². The highest BCUT2D eigenvalue weighted by molar-refractivity contribution is 5.94. The van der Waals surface area contributed by atoms with Crippen molar-refractivity contribution in [1.29, 1.82) is 0 Å². The summed E-state index contributed by atoms with van der Waals surface area (Å²) in [6.07, 6.45) is 5.89. The second-order valence-electron chi connectivity index (χ2n) is 9.01. The van der Waals surface area contributed by atoms with Crippen LogP contribution in [0.2, 0.25) is 0 Å². The number of para-hydroxylation sites is 3. The minimum Gasteiger partial charge on any atom is -0.256 e. The number of benzene rings is 4. The van der Waals surface area contributed by atoms with Crippen LogP contribution >= 0.6 is 0 Å². The quantitative estimate of drug-likeness (QED) is 0.267. The third-order valence-electron chi connectivity index (χ3n) is 6.75. The number of hydrogen-bond donors (Lipinski definition) is 0. The maximum absolute atomic E-state index is 4.76. The van der Waals surface area contributed by atoms with E-state index in [1.165, 1.54) is 0 Å². The number of aromatic nitrogens is 3. The highest BCUT2D eigenvalue weighted by atomic mass is 14.7. The van der Waals surface area contributed by atoms with Crippen molar-refractivity contribution in [2.75, 3.05) is 0 Å². The smallest absolute Gasteiger partial charge is 0.0702 e. The molecule has 3 aromatic heterocycles. The van der Waals surface area contributed by atoms with Crippen molar-refractivity contribution in [2.24, 2.45) is 0 Å². The molecule has 0 bridgehead atoms. The molecule has 0 aliphatic carbocycles. The summed E-state index contributed by atoms with van der Waals surface area (Å²) in [4.78, 5) is 14.2. The summed E-state index contributed by atoms with van der Waals surface area (Å²) < 4.78 is 0. The molecular formula is C33H21N3. The normalized spacial score (nSPS) is 11.3. The third-order valence-corrected chi connectivity index (χ3v) is 6.75. The fourth-order valence-corrected chi connectivity index (χ4v) is 4.88. The predicted octanol–water partition coefficient (Wildman–Crippen LogP) is 8.33. The largest absolute Gasteiger partial charge is 0.256 e. The summed E-state index contributed by atoms with van der Waals surface area (Å²) in [5.41, 5.74) is 9.60. The highest BCUT2D eigenvalue weighted by Gasteiger charge is 2.13. The summed E-state index contributed by atoms with van der Waals surface area (Å²) in [6, 6.07) is 37.9. The molecule has 3 heteroatoms. The Labute approximate surface area is 208 Å². The summed E-state index contributed by atoms with van der Waals surface area (Å²) in [6.45, 7) is 0. The lowest BCUT2D eigenvalue weighted by atomic mass is 9.91. The zero-order valence-corrected chi connectivity index (χ0v) is 19.5. The number of pyridine rings is 3. The Morgan fingerprint density at radius 2 is 0.778 bits per heavy atom. The van der Waals surface area contributed by atoms with Crippen molar-refractivity contribution in [2.45, 2.75) is 0 Å². The molecule has 0 atom stereocenters. The molecule has 0 saturated carbocycles. The van der Waals surface area contributed by atoms with Crippen molar-refractivity contribution in [3.05, 3.63) is 128 Å². The van der Waals surface area contributed by atoms with Gasteiger partial charge in [-0.25, -0.2) is 0 Å². The van der Waals surface area contributed by atoms with Crippen LogP contribution in [0.25, 0.3) is 66.1 Å². The molecule has 3 heterocycles. The van der Waals surface area contributed by atoms with E-state index < -0.39 is 0 Å². The van der Waals surface area contributed by atoms with Crippen LogP contribution in [0.15, 0.2) is 128 Å². The molecule has 0 N–H and O–H groups in total. The Bertz CT molecular complexity index is 1910. The lowest BCUT2D eigenvalue weighted by molar-refractivity contribution is 1.39. The fraction of sp³-hybridized carbons (Fsp3) is 0. The minimum atomic E-state index is 0.991. The van der Waals surface area contributed by atoms with Crippen LogP contribution in [0.3, 0.4) is 0 Å². The first-order chi connectivity index (χ1) is 17.8. The van der Waals surface area contributed by atoms with E-state index in [-0.39, 0.29) is 0 Å². The molecule has 3 nitrogen and oxygen atoms in total. The van der Waals surface area contributed by atoms with Gasteiger partial charge in [-0.1, -0.05) is 66.7 Å². The first-order valence-corrected chi connectivity index (χ1v) is 12.0. The monoisotopic (exact) mass is 459 g/mol. The summed E-state index contributed by atoms with van der Waals surface area (Å²) in [7, 11) is 0. The van der Waals surface area contributed by atoms with Crippen LogP contribution < -0.4 is 0 Å². The van der Waals surface area contributed by atoms with Crippen LogP contribution in [0.4, 0.5) is 0 Å². The van der Waals surface area contributed by atoms with E-state index in [1.807, 2.05) is 55.0 Å². The second-order valence-corrected chi connectivity index (χ2v) is 9.01. The van der Waals surface area contributed by atoms with Gasteiger partial charge in [-0.15, -0.1) is 0 Å². The molecule has 0 radical (unpaired) electrons. The molecule has 4 aromatic carbocycles. The lowest BCUT2D eigenvalue weighted by Crippen LogP contribution is -1.91. The van der Waals surface area contributed by atoms with Crippen molar-refractivity contribution < 1.29 is 0 Å². The molecule has 0 unspecified atom stereocenters. The standard InChI is InChI=1S/C33H21N3/c1-4-10-31-23(7-1)15-26(19-34-31)22-13-14-29(27-16-24-8-2-5-11-32(24)35-20-27)30(18-22)28-17-25-9-3-6-12-33(25)36-21-28/h1-21H. The first-order valence-electron chi connectivity index (χ1n) is 12.0. The molecule has 7 rings (SSSR count). The Morgan fingerprint density at radius 1 is 0.333 bits per heavy atom. The molecule has 0 spiro atoms. The SMILES string of the molecule is c1ccc2ncc(-c3ccc(-c4cnc5ccccc5c4)c(-c4cnc5ccccc5c4)c3)cc2c1. The zero-order chi connectivity index (χ0) is 23.9. The molecule has 0 amide bonds. The predicted molar refractivity (Wildman–Crippen MR) is 149 cm³/mol. The van der Waals surface area contributed by atoms with Gasteiger partial charge in [0, 0.05) is 51.4 Å². The molecule has 36 heavy (non-hydrogen) atoms. The van der Waals surface area contributed by atoms with Gasteiger partial charge in [0.1, 0.15) is 0 Å². The number of fused-ring (bicyclic) bond motifs is 3. The molecule has 0 fully saturated rings. The van der Waals surface area contributed by atoms with Crippen LogP contribution in [-0.4, -0.2) is 15.0 Å². The Hall–Kier alpha value is -4.89. The van der Waals surface area contributed by atoms with E-state index >= 15 is 0 Å². The van der Waals surface area contributed by atoms with Gasteiger partial charge >= 0.3 is 0 Å². The van der Waals surface area contributed by atoms with E-state index in [0.717, 1.165) is 66.1 Å². The van der Waals surface area contributed by atoms with Crippen molar-refractivity contribution in [3.8, 4) is 33.4 Å². The van der Waals surface area contributed by atoms with Gasteiger partial charge in [-0.3, -0.25) is 15.0 Å². The zero-order valence-electron chi connectivity index (χ0n) is 19.5. The van der Waals surface area contributed by atoms with Crippen molar-refractivity contribution in [1.82, 2.24) is 15.0 Å². The Morgan fingerprint density at radius 3 is 1.33 bits per heavy atom. The van der Waals surface area contributed by atoms with E-state index in [0.29, 0.717) is 0 Å². The lowest BCUT2D eigenvalue weighted by Gasteiger charge is -2.14. The van der Waals surface area contributed by atoms with Gasteiger partial charge in [0.25, 0.3) is 0 Å². The Kier molecular flexibility index (Phi) is 4.78. The van der Waals surface area contributed by atoms with E-state index in [4.69, 9.17) is 15.0 Å². The molecular weight excluding hydrogens is 438 g/mol. The van der Waals surface area contributed by atoms with Gasteiger partial charge in [-0.2, -0.15) is 0 Å². The van der Waals surface area contributed by atoms with Crippen molar-refractivity contribution >= 4 is 32.7 Å². The fourth-order valence-electron chi connectivity index (χ4n) is 4.88. The van der Waals surface area contributed by atoms with Gasteiger partial charge < -0.3 is 0 Å². The third kappa shape index (κ3) is 3.58. The molecule has 0 aliphatic rings. The second kappa shape index (κ2) is 8.40. The maximum Gasteiger partial charge on any atom is 0.0702 e. The Balaban J connectivity index is 1.45. The number of nitrogens with zero attached hydrogens (tertiary/aromatic N) is 3. The number of hydrogen-bond acceptors (Lipinski definition) is 3. The van der Waals surface area contributed by atoms with Crippen LogP contribution in [-0.2, 0) is 0 Å². The maximum atomic E-state index is 4.76. The van der Waals surface area contributed by atoms with Gasteiger partial charge in [-0.05, 0) is 59.2 Å². The average Bonchev–Trinajstić information content (AvgIpc) is 2.96. The van der Waals surface area contributed by atoms with Crippen LogP contribution in [0.1, 0.15) is 0 Å².